The Bertz CT molecular complexity index is 742. The Labute approximate surface area is 136 Å². The number of rotatable bonds is 6. The highest BCUT2D eigenvalue weighted by atomic mass is 32.1. The second-order valence-electron chi connectivity index (χ2n) is 4.83. The number of carbonyl (C=O) groups is 3. The summed E-state index contributed by atoms with van der Waals surface area (Å²) >= 11 is 1.19. The molecule has 0 saturated carbocycles. The summed E-state index contributed by atoms with van der Waals surface area (Å²) in [6.45, 7) is 1.66. The Morgan fingerprint density at radius 1 is 1.26 bits per heavy atom. The molecule has 0 fully saturated rings. The number of amides is 3. The average Bonchev–Trinajstić information content (AvgIpc) is 2.91. The van der Waals surface area contributed by atoms with Crippen LogP contribution in [0.4, 0.5) is 5.13 Å². The van der Waals surface area contributed by atoms with Crippen molar-refractivity contribution < 1.29 is 14.4 Å². The molecule has 2 aromatic rings. The lowest BCUT2D eigenvalue weighted by Gasteiger charge is -2.07. The zero-order chi connectivity index (χ0) is 16.8. The zero-order valence-electron chi connectivity index (χ0n) is 12.5. The molecule has 0 unspecified atom stereocenters. The van der Waals surface area contributed by atoms with Gasteiger partial charge in [-0.05, 0) is 18.6 Å². The molecule has 8 heteroatoms. The molecule has 1 aromatic heterocycles. The van der Waals surface area contributed by atoms with Crippen LogP contribution >= 0.6 is 11.3 Å². The van der Waals surface area contributed by atoms with E-state index in [2.05, 4.69) is 15.6 Å². The fraction of sp³-hybridized carbons (Fsp3) is 0.200. The van der Waals surface area contributed by atoms with Gasteiger partial charge in [0.25, 0.3) is 5.91 Å². The second-order valence-corrected chi connectivity index (χ2v) is 5.69. The van der Waals surface area contributed by atoms with Gasteiger partial charge in [0.05, 0.1) is 18.7 Å². The third kappa shape index (κ3) is 4.89. The minimum Gasteiger partial charge on any atom is -0.369 e. The monoisotopic (exact) mass is 332 g/mol. The Hall–Kier alpha value is -2.74. The minimum atomic E-state index is -0.487. The number of hydrogen-bond acceptors (Lipinski definition) is 5. The van der Waals surface area contributed by atoms with Gasteiger partial charge in [-0.2, -0.15) is 0 Å². The molecule has 1 heterocycles. The molecule has 4 N–H and O–H groups in total. The first kappa shape index (κ1) is 16.6. The molecular weight excluding hydrogens is 316 g/mol. The summed E-state index contributed by atoms with van der Waals surface area (Å²) in [4.78, 5) is 38.7. The van der Waals surface area contributed by atoms with Crippen LogP contribution in [0.25, 0.3) is 0 Å². The quantitative estimate of drug-likeness (QED) is 0.727. The van der Waals surface area contributed by atoms with E-state index in [4.69, 9.17) is 5.73 Å². The number of carbonyl (C=O) groups excluding carboxylic acids is 3. The number of hydrogen-bond donors (Lipinski definition) is 3. The molecule has 0 spiro atoms. The van der Waals surface area contributed by atoms with Crippen LogP contribution in [-0.2, 0) is 16.0 Å². The standard InChI is InChI=1S/C15H16N4O3S/c1-9-4-2-3-5-11(9)14(22)17-7-13(21)19-15-18-10(8-23-15)6-12(16)20/h2-5,8H,6-7H2,1H3,(H2,16,20)(H,17,22)(H,18,19,21). The first-order chi connectivity index (χ1) is 11.0. The molecule has 0 saturated heterocycles. The summed E-state index contributed by atoms with van der Waals surface area (Å²) in [5.41, 5.74) is 6.94. The van der Waals surface area contributed by atoms with Gasteiger partial charge in [0.2, 0.25) is 11.8 Å². The van der Waals surface area contributed by atoms with Crippen molar-refractivity contribution in [1.82, 2.24) is 10.3 Å². The highest BCUT2D eigenvalue weighted by Crippen LogP contribution is 2.15. The predicted octanol–water partition coefficient (Wildman–Crippen LogP) is 0.848. The summed E-state index contributed by atoms with van der Waals surface area (Å²) in [5.74, 6) is -1.20. The Kier molecular flexibility index (Phi) is 5.42. The van der Waals surface area contributed by atoms with Crippen LogP contribution in [-0.4, -0.2) is 29.3 Å². The molecule has 1 aromatic carbocycles. The lowest BCUT2D eigenvalue weighted by atomic mass is 10.1. The van der Waals surface area contributed by atoms with Crippen molar-refractivity contribution in [1.29, 1.82) is 0 Å². The number of nitrogens with two attached hydrogens (primary N) is 1. The maximum absolute atomic E-state index is 12.0. The number of aromatic nitrogens is 1. The molecule has 3 amide bonds. The molecule has 0 aliphatic heterocycles. The maximum atomic E-state index is 12.0. The fourth-order valence-corrected chi connectivity index (χ4v) is 2.60. The van der Waals surface area contributed by atoms with Gasteiger partial charge in [0.15, 0.2) is 5.13 Å². The topological polar surface area (TPSA) is 114 Å². The fourth-order valence-electron chi connectivity index (χ4n) is 1.87. The molecule has 0 bridgehead atoms. The number of nitrogens with one attached hydrogen (secondary N) is 2. The number of nitrogens with zero attached hydrogens (tertiary/aromatic N) is 1. The van der Waals surface area contributed by atoms with E-state index in [0.717, 1.165) is 5.56 Å². The largest absolute Gasteiger partial charge is 0.369 e. The van der Waals surface area contributed by atoms with Crippen molar-refractivity contribution in [2.24, 2.45) is 5.73 Å². The van der Waals surface area contributed by atoms with E-state index >= 15 is 0 Å². The second kappa shape index (κ2) is 7.50. The summed E-state index contributed by atoms with van der Waals surface area (Å²) < 4.78 is 0. The Morgan fingerprint density at radius 2 is 2.00 bits per heavy atom. The van der Waals surface area contributed by atoms with Crippen molar-refractivity contribution >= 4 is 34.2 Å². The first-order valence-corrected chi connectivity index (χ1v) is 7.70. The van der Waals surface area contributed by atoms with Gasteiger partial charge in [-0.15, -0.1) is 11.3 Å². The predicted molar refractivity (Wildman–Crippen MR) is 87.2 cm³/mol. The van der Waals surface area contributed by atoms with Crippen LogP contribution < -0.4 is 16.4 Å². The highest BCUT2D eigenvalue weighted by molar-refractivity contribution is 7.13. The highest BCUT2D eigenvalue weighted by Gasteiger charge is 2.11. The van der Waals surface area contributed by atoms with Crippen molar-refractivity contribution in [3.05, 3.63) is 46.5 Å². The molecule has 2 rings (SSSR count). The molecule has 120 valence electrons. The third-order valence-corrected chi connectivity index (χ3v) is 3.76. The number of aryl methyl sites for hydroxylation is 1. The van der Waals surface area contributed by atoms with Gasteiger partial charge in [-0.25, -0.2) is 4.98 Å². The Balaban J connectivity index is 1.85. The maximum Gasteiger partial charge on any atom is 0.251 e. The van der Waals surface area contributed by atoms with E-state index in [1.54, 1.807) is 17.5 Å². The van der Waals surface area contributed by atoms with Crippen LogP contribution in [0.1, 0.15) is 21.6 Å². The van der Waals surface area contributed by atoms with Crippen LogP contribution in [0.2, 0.25) is 0 Å². The minimum absolute atomic E-state index is 0.0242. The van der Waals surface area contributed by atoms with Gasteiger partial charge in [-0.1, -0.05) is 18.2 Å². The van der Waals surface area contributed by atoms with Gasteiger partial charge < -0.3 is 16.4 Å². The van der Waals surface area contributed by atoms with Crippen molar-refractivity contribution in [2.45, 2.75) is 13.3 Å². The molecule has 23 heavy (non-hydrogen) atoms. The van der Waals surface area contributed by atoms with Crippen molar-refractivity contribution in [3.63, 3.8) is 0 Å². The van der Waals surface area contributed by atoms with Crippen LogP contribution in [0.15, 0.2) is 29.6 Å². The van der Waals surface area contributed by atoms with E-state index in [9.17, 15) is 14.4 Å². The number of primary amides is 1. The SMILES string of the molecule is Cc1ccccc1C(=O)NCC(=O)Nc1nc(CC(N)=O)cs1. The van der Waals surface area contributed by atoms with E-state index in [1.807, 2.05) is 19.1 Å². The average molecular weight is 332 g/mol. The molecular formula is C15H16N4O3S. The zero-order valence-corrected chi connectivity index (χ0v) is 13.3. The molecule has 7 nitrogen and oxygen atoms in total. The normalized spacial score (nSPS) is 10.1. The summed E-state index contributed by atoms with van der Waals surface area (Å²) in [7, 11) is 0. The number of benzene rings is 1. The van der Waals surface area contributed by atoms with E-state index in [-0.39, 0.29) is 18.9 Å². The molecule has 0 aliphatic rings. The van der Waals surface area contributed by atoms with E-state index in [1.165, 1.54) is 11.3 Å². The van der Waals surface area contributed by atoms with Gasteiger partial charge >= 0.3 is 0 Å². The van der Waals surface area contributed by atoms with Gasteiger partial charge in [-0.3, -0.25) is 14.4 Å². The van der Waals surface area contributed by atoms with Crippen LogP contribution in [0, 0.1) is 6.92 Å². The van der Waals surface area contributed by atoms with Gasteiger partial charge in [0, 0.05) is 10.9 Å². The van der Waals surface area contributed by atoms with Crippen molar-refractivity contribution in [2.75, 3.05) is 11.9 Å². The molecule has 0 radical (unpaired) electrons. The number of anilines is 1. The van der Waals surface area contributed by atoms with E-state index < -0.39 is 11.8 Å². The number of thiazole rings is 1. The Morgan fingerprint density at radius 3 is 2.70 bits per heavy atom. The lowest BCUT2D eigenvalue weighted by Crippen LogP contribution is -2.33. The van der Waals surface area contributed by atoms with E-state index in [0.29, 0.717) is 16.4 Å². The molecule has 0 atom stereocenters. The third-order valence-electron chi connectivity index (χ3n) is 2.95. The smallest absolute Gasteiger partial charge is 0.251 e. The van der Waals surface area contributed by atoms with Gasteiger partial charge in [0.1, 0.15) is 0 Å². The first-order valence-electron chi connectivity index (χ1n) is 6.82. The van der Waals surface area contributed by atoms with Crippen LogP contribution in [0.3, 0.4) is 0 Å². The van der Waals surface area contributed by atoms with Crippen molar-refractivity contribution in [3.8, 4) is 0 Å². The molecule has 0 aliphatic carbocycles. The summed E-state index contributed by atoms with van der Waals surface area (Å²) in [6.07, 6.45) is 0.0242. The summed E-state index contributed by atoms with van der Waals surface area (Å²) in [6, 6.07) is 7.12. The summed E-state index contributed by atoms with van der Waals surface area (Å²) in [5, 5.41) is 7.11. The van der Waals surface area contributed by atoms with Crippen LogP contribution in [0.5, 0.6) is 0 Å². The lowest BCUT2D eigenvalue weighted by molar-refractivity contribution is -0.117.